The van der Waals surface area contributed by atoms with E-state index in [0.29, 0.717) is 27.7 Å². The maximum atomic E-state index is 13.9. The Hall–Kier alpha value is -4.05. The minimum atomic E-state index is -1.04. The molecule has 2 amide bonds. The highest BCUT2D eigenvalue weighted by atomic mass is 35.5. The monoisotopic (exact) mass is 564 g/mol. The van der Waals surface area contributed by atoms with Crippen molar-refractivity contribution in [1.82, 2.24) is 30.4 Å². The molecule has 2 aromatic carbocycles. The predicted molar refractivity (Wildman–Crippen MR) is 146 cm³/mol. The van der Waals surface area contributed by atoms with E-state index in [1.807, 2.05) is 6.07 Å². The molecule has 0 aliphatic heterocycles. The van der Waals surface area contributed by atoms with E-state index in [1.165, 1.54) is 29.2 Å². The van der Waals surface area contributed by atoms with E-state index in [2.05, 4.69) is 20.7 Å². The summed E-state index contributed by atoms with van der Waals surface area (Å²) in [4.78, 5) is 30.4. The van der Waals surface area contributed by atoms with E-state index in [-0.39, 0.29) is 30.9 Å². The molecule has 0 unspecified atom stereocenters. The number of furan rings is 1. The van der Waals surface area contributed by atoms with Crippen molar-refractivity contribution in [3.63, 3.8) is 0 Å². The first-order valence-corrected chi connectivity index (χ1v) is 13.7. The van der Waals surface area contributed by atoms with Crippen molar-refractivity contribution in [3.8, 4) is 11.6 Å². The fourth-order valence-electron chi connectivity index (χ4n) is 4.95. The minimum Gasteiger partial charge on any atom is -0.458 e. The summed E-state index contributed by atoms with van der Waals surface area (Å²) >= 11 is 6.47. The van der Waals surface area contributed by atoms with Gasteiger partial charge in [0, 0.05) is 17.6 Å². The summed E-state index contributed by atoms with van der Waals surface area (Å²) in [6.07, 6.45) is 4.94. The van der Waals surface area contributed by atoms with Gasteiger partial charge >= 0.3 is 0 Å². The molecule has 1 fully saturated rings. The second-order valence-electron chi connectivity index (χ2n) is 9.96. The molecule has 0 bridgehead atoms. The fraction of sp³-hybridized carbons (Fsp3) is 0.345. The van der Waals surface area contributed by atoms with E-state index in [4.69, 9.17) is 16.0 Å². The van der Waals surface area contributed by atoms with Crippen LogP contribution in [-0.2, 0) is 22.7 Å². The molecule has 1 aliphatic carbocycles. The second-order valence-corrected chi connectivity index (χ2v) is 10.4. The van der Waals surface area contributed by atoms with Crippen molar-refractivity contribution < 1.29 is 18.4 Å². The molecule has 0 saturated heterocycles. The average Bonchev–Trinajstić information content (AvgIpc) is 3.60. The number of carbonyl (C=O) groups is 2. The number of hydrogen-bond donors (Lipinski definition) is 1. The molecule has 1 N–H and O–H groups in total. The number of nitrogens with one attached hydrogen (secondary N) is 1. The zero-order valence-electron chi connectivity index (χ0n) is 22.1. The Morgan fingerprint density at radius 1 is 1.10 bits per heavy atom. The van der Waals surface area contributed by atoms with E-state index in [1.54, 1.807) is 37.3 Å². The van der Waals surface area contributed by atoms with Crippen molar-refractivity contribution in [2.24, 2.45) is 0 Å². The predicted octanol–water partition coefficient (Wildman–Crippen LogP) is 5.25. The third-order valence-electron chi connectivity index (χ3n) is 7.01. The largest absolute Gasteiger partial charge is 0.458 e. The summed E-state index contributed by atoms with van der Waals surface area (Å²) in [6, 6.07) is 15.2. The number of halogens is 2. The molecule has 11 heteroatoms. The van der Waals surface area contributed by atoms with E-state index in [9.17, 15) is 14.0 Å². The van der Waals surface area contributed by atoms with Crippen molar-refractivity contribution in [1.29, 1.82) is 0 Å². The van der Waals surface area contributed by atoms with Crippen molar-refractivity contribution in [3.05, 3.63) is 88.4 Å². The van der Waals surface area contributed by atoms with Gasteiger partial charge in [0.15, 0.2) is 5.76 Å². The van der Waals surface area contributed by atoms with Crippen molar-refractivity contribution in [2.45, 2.75) is 64.2 Å². The molecule has 9 nitrogen and oxygen atoms in total. The zero-order chi connectivity index (χ0) is 28.1. The van der Waals surface area contributed by atoms with Crippen LogP contribution in [0.25, 0.3) is 11.6 Å². The summed E-state index contributed by atoms with van der Waals surface area (Å²) in [5.74, 6) is 0.153. The molecule has 4 aromatic rings. The molecule has 1 saturated carbocycles. The van der Waals surface area contributed by atoms with Gasteiger partial charge in [0.25, 0.3) is 0 Å². The van der Waals surface area contributed by atoms with Crippen LogP contribution in [0.4, 0.5) is 4.39 Å². The van der Waals surface area contributed by atoms with Crippen molar-refractivity contribution >= 4 is 23.4 Å². The number of carbonyl (C=O) groups excluding carboxylic acids is 2. The standard InChI is InChI=1S/C29H30ClFN6O3/c1-19-11-16-25(40-19)28-33-35-37(34-28)18-26(38)36(17-21-7-5-6-10-24(21)30)27(20-12-14-22(31)15-13-20)29(39)32-23-8-3-2-4-9-23/h5-7,10-16,23,27H,2-4,8-9,17-18H2,1H3,(H,32,39)/t27-/m0/s1. The molecule has 208 valence electrons. The Bertz CT molecular complexity index is 1460. The van der Waals surface area contributed by atoms with E-state index in [0.717, 1.165) is 36.9 Å². The lowest BCUT2D eigenvalue weighted by atomic mass is 9.94. The van der Waals surface area contributed by atoms with Crippen LogP contribution in [0.1, 0.15) is 55.0 Å². The van der Waals surface area contributed by atoms with Crippen LogP contribution in [0, 0.1) is 12.7 Å². The molecule has 40 heavy (non-hydrogen) atoms. The van der Waals surface area contributed by atoms with Crippen LogP contribution in [-0.4, -0.2) is 43.0 Å². The first kappa shape index (κ1) is 27.5. The zero-order valence-corrected chi connectivity index (χ0v) is 22.9. The number of aromatic nitrogens is 4. The molecule has 5 rings (SSSR count). The van der Waals surface area contributed by atoms with Gasteiger partial charge in [0.05, 0.1) is 0 Å². The molecular formula is C29H30ClFN6O3. The summed E-state index contributed by atoms with van der Waals surface area (Å²) in [5, 5.41) is 15.9. The van der Waals surface area contributed by atoms with E-state index < -0.39 is 17.8 Å². The third kappa shape index (κ3) is 6.56. The number of tetrazole rings is 1. The van der Waals surface area contributed by atoms with Crippen LogP contribution in [0.2, 0.25) is 5.02 Å². The van der Waals surface area contributed by atoms with Crippen LogP contribution in [0.15, 0.2) is 65.1 Å². The molecule has 0 spiro atoms. The lowest BCUT2D eigenvalue weighted by Crippen LogP contribution is -2.47. The van der Waals surface area contributed by atoms with Gasteiger partial charge in [-0.25, -0.2) is 4.39 Å². The Morgan fingerprint density at radius 3 is 2.55 bits per heavy atom. The number of aryl methyl sites for hydroxylation is 1. The summed E-state index contributed by atoms with van der Waals surface area (Å²) < 4.78 is 19.4. The van der Waals surface area contributed by atoms with Crippen LogP contribution in [0.5, 0.6) is 0 Å². The normalized spacial score (nSPS) is 14.6. The lowest BCUT2D eigenvalue weighted by molar-refractivity contribution is -0.142. The van der Waals surface area contributed by atoms with E-state index >= 15 is 0 Å². The van der Waals surface area contributed by atoms with Gasteiger partial charge in [0.1, 0.15) is 24.2 Å². The molecule has 1 atom stereocenters. The quantitative estimate of drug-likeness (QED) is 0.297. The van der Waals surface area contributed by atoms with Crippen LogP contribution < -0.4 is 5.32 Å². The molecule has 0 radical (unpaired) electrons. The summed E-state index contributed by atoms with van der Waals surface area (Å²) in [5.41, 5.74) is 1.14. The van der Waals surface area contributed by atoms with Gasteiger partial charge in [-0.3, -0.25) is 9.59 Å². The van der Waals surface area contributed by atoms with Gasteiger partial charge in [-0.2, -0.15) is 4.80 Å². The lowest BCUT2D eigenvalue weighted by Gasteiger charge is -2.33. The van der Waals surface area contributed by atoms with Crippen LogP contribution in [0.3, 0.4) is 0 Å². The number of nitrogens with zero attached hydrogens (tertiary/aromatic N) is 5. The highest BCUT2D eigenvalue weighted by molar-refractivity contribution is 6.31. The second kappa shape index (κ2) is 12.4. The van der Waals surface area contributed by atoms with Crippen molar-refractivity contribution in [2.75, 3.05) is 0 Å². The maximum absolute atomic E-state index is 13.9. The highest BCUT2D eigenvalue weighted by Gasteiger charge is 2.34. The third-order valence-corrected chi connectivity index (χ3v) is 7.38. The Morgan fingerprint density at radius 2 is 1.85 bits per heavy atom. The SMILES string of the molecule is Cc1ccc(-c2nnn(CC(=O)N(Cc3ccccc3Cl)[C@H](C(=O)NC3CCCCC3)c3ccc(F)cc3)n2)o1. The smallest absolute Gasteiger partial charge is 0.247 e. The van der Waals surface area contributed by atoms with Gasteiger partial charge in [-0.05, 0) is 66.4 Å². The summed E-state index contributed by atoms with van der Waals surface area (Å²) in [6.45, 7) is 1.56. The van der Waals surface area contributed by atoms with Crippen LogP contribution >= 0.6 is 11.6 Å². The Labute approximate surface area is 236 Å². The highest BCUT2D eigenvalue weighted by Crippen LogP contribution is 2.28. The number of benzene rings is 2. The Kier molecular flexibility index (Phi) is 8.54. The topological polar surface area (TPSA) is 106 Å². The number of rotatable bonds is 9. The molecule has 2 heterocycles. The van der Waals surface area contributed by atoms with Gasteiger partial charge < -0.3 is 14.6 Å². The first-order chi connectivity index (χ1) is 19.4. The first-order valence-electron chi connectivity index (χ1n) is 13.3. The number of amides is 2. The van der Waals surface area contributed by atoms with Gasteiger partial charge in [-0.1, -0.05) is 61.2 Å². The molecule has 1 aliphatic rings. The average molecular weight is 565 g/mol. The Balaban J connectivity index is 1.48. The molecular weight excluding hydrogens is 535 g/mol. The maximum Gasteiger partial charge on any atom is 0.247 e. The minimum absolute atomic E-state index is 0.0118. The van der Waals surface area contributed by atoms with Gasteiger partial charge in [-0.15, -0.1) is 10.2 Å². The number of hydrogen-bond acceptors (Lipinski definition) is 6. The van der Waals surface area contributed by atoms with Gasteiger partial charge in [0.2, 0.25) is 17.6 Å². The summed E-state index contributed by atoms with van der Waals surface area (Å²) in [7, 11) is 0. The molecule has 2 aromatic heterocycles. The fourth-order valence-corrected chi connectivity index (χ4v) is 5.15.